The second-order valence-corrected chi connectivity index (χ2v) is 3.29. The quantitative estimate of drug-likeness (QED) is 0.748. The van der Waals surface area contributed by atoms with Gasteiger partial charge in [-0.1, -0.05) is 6.07 Å². The van der Waals surface area contributed by atoms with Crippen LogP contribution in [0.5, 0.6) is 0 Å². The molecule has 1 saturated heterocycles. The summed E-state index contributed by atoms with van der Waals surface area (Å²) in [5.41, 5.74) is 1.15. The van der Waals surface area contributed by atoms with Crippen molar-refractivity contribution in [3.05, 3.63) is 30.1 Å². The van der Waals surface area contributed by atoms with E-state index in [0.717, 1.165) is 25.1 Å². The normalized spacial score (nSPS) is 22.0. The third-order valence-electron chi connectivity index (χ3n) is 2.22. The highest BCUT2D eigenvalue weighted by atomic mass is 16.5. The maximum atomic E-state index is 5.69. The first-order valence-corrected chi connectivity index (χ1v) is 4.66. The molecule has 3 heteroatoms. The van der Waals surface area contributed by atoms with Crippen LogP contribution in [-0.4, -0.2) is 24.2 Å². The Bertz CT molecular complexity index is 244. The molecule has 0 saturated carbocycles. The van der Waals surface area contributed by atoms with Gasteiger partial charge in [0.2, 0.25) is 0 Å². The van der Waals surface area contributed by atoms with E-state index in [1.54, 1.807) is 6.20 Å². The maximum absolute atomic E-state index is 5.69. The molecule has 0 radical (unpaired) electrons. The molecule has 1 aromatic rings. The molecule has 0 bridgehead atoms. The molecule has 2 heterocycles. The summed E-state index contributed by atoms with van der Waals surface area (Å²) in [4.78, 5) is 4.03. The standard InChI is InChI=1S/C10H14N2O/c1-2-9(6-11-4-1)8-13-10-3-5-12-7-10/h1-2,4,6,10,12H,3,5,7-8H2/t10-/m0/s1. The van der Waals surface area contributed by atoms with Crippen molar-refractivity contribution >= 4 is 0 Å². The first-order valence-electron chi connectivity index (χ1n) is 4.66. The van der Waals surface area contributed by atoms with Gasteiger partial charge in [0.25, 0.3) is 0 Å². The van der Waals surface area contributed by atoms with Crippen molar-refractivity contribution < 1.29 is 4.74 Å². The van der Waals surface area contributed by atoms with E-state index in [1.807, 2.05) is 18.3 Å². The molecule has 13 heavy (non-hydrogen) atoms. The number of aromatic nitrogens is 1. The highest BCUT2D eigenvalue weighted by molar-refractivity contribution is 5.06. The molecular weight excluding hydrogens is 164 g/mol. The minimum absolute atomic E-state index is 0.389. The molecule has 1 aliphatic heterocycles. The zero-order valence-electron chi connectivity index (χ0n) is 7.57. The van der Waals surface area contributed by atoms with Gasteiger partial charge >= 0.3 is 0 Å². The van der Waals surface area contributed by atoms with Crippen LogP contribution in [0, 0.1) is 0 Å². The Morgan fingerprint density at radius 1 is 1.62 bits per heavy atom. The predicted octanol–water partition coefficient (Wildman–Crippen LogP) is 0.960. The minimum Gasteiger partial charge on any atom is -0.372 e. The summed E-state index contributed by atoms with van der Waals surface area (Å²) in [5, 5.41) is 3.27. The summed E-state index contributed by atoms with van der Waals surface area (Å²) in [6.45, 7) is 2.75. The van der Waals surface area contributed by atoms with Gasteiger partial charge in [0.05, 0.1) is 12.7 Å². The van der Waals surface area contributed by atoms with E-state index in [1.165, 1.54) is 0 Å². The van der Waals surface area contributed by atoms with Gasteiger partial charge in [0.15, 0.2) is 0 Å². The lowest BCUT2D eigenvalue weighted by atomic mass is 10.3. The van der Waals surface area contributed by atoms with Crippen molar-refractivity contribution in [2.45, 2.75) is 19.1 Å². The number of nitrogens with zero attached hydrogens (tertiary/aromatic N) is 1. The summed E-state index contributed by atoms with van der Waals surface area (Å²) < 4.78 is 5.69. The molecule has 70 valence electrons. The summed E-state index contributed by atoms with van der Waals surface area (Å²) in [7, 11) is 0. The minimum atomic E-state index is 0.389. The second-order valence-electron chi connectivity index (χ2n) is 3.29. The van der Waals surface area contributed by atoms with Gasteiger partial charge < -0.3 is 10.1 Å². The molecule has 1 aliphatic rings. The predicted molar refractivity (Wildman–Crippen MR) is 50.3 cm³/mol. The average molecular weight is 178 g/mol. The van der Waals surface area contributed by atoms with Crippen LogP contribution >= 0.6 is 0 Å². The van der Waals surface area contributed by atoms with E-state index >= 15 is 0 Å². The van der Waals surface area contributed by atoms with Gasteiger partial charge in [-0.3, -0.25) is 4.98 Å². The highest BCUT2D eigenvalue weighted by Crippen LogP contribution is 2.07. The van der Waals surface area contributed by atoms with Crippen molar-refractivity contribution in [3.8, 4) is 0 Å². The molecule has 1 aromatic heterocycles. The van der Waals surface area contributed by atoms with Crippen LogP contribution in [0.4, 0.5) is 0 Å². The number of hydrogen-bond donors (Lipinski definition) is 1. The van der Waals surface area contributed by atoms with Crippen LogP contribution in [0.1, 0.15) is 12.0 Å². The topological polar surface area (TPSA) is 34.1 Å². The molecule has 0 spiro atoms. The van der Waals surface area contributed by atoms with Crippen LogP contribution in [-0.2, 0) is 11.3 Å². The van der Waals surface area contributed by atoms with E-state index in [-0.39, 0.29) is 0 Å². The average Bonchev–Trinajstić information content (AvgIpc) is 2.69. The van der Waals surface area contributed by atoms with Gasteiger partial charge in [0.1, 0.15) is 0 Å². The van der Waals surface area contributed by atoms with Gasteiger partial charge in [-0.15, -0.1) is 0 Å². The Labute approximate surface area is 78.1 Å². The van der Waals surface area contributed by atoms with E-state index in [2.05, 4.69) is 10.3 Å². The van der Waals surface area contributed by atoms with Crippen LogP contribution in [0.3, 0.4) is 0 Å². The third-order valence-corrected chi connectivity index (χ3v) is 2.22. The Hall–Kier alpha value is -0.930. The van der Waals surface area contributed by atoms with Gasteiger partial charge in [-0.05, 0) is 24.6 Å². The number of pyridine rings is 1. The lowest BCUT2D eigenvalue weighted by Crippen LogP contribution is -2.16. The van der Waals surface area contributed by atoms with Crippen molar-refractivity contribution in [1.29, 1.82) is 0 Å². The van der Waals surface area contributed by atoms with Crippen molar-refractivity contribution in [2.75, 3.05) is 13.1 Å². The molecule has 0 aliphatic carbocycles. The fourth-order valence-corrected chi connectivity index (χ4v) is 1.47. The maximum Gasteiger partial charge on any atom is 0.0736 e. The third kappa shape index (κ3) is 2.50. The van der Waals surface area contributed by atoms with E-state index < -0.39 is 0 Å². The SMILES string of the molecule is c1cncc(CO[C@H]2CCNC2)c1. The second kappa shape index (κ2) is 4.35. The molecule has 1 N–H and O–H groups in total. The van der Waals surface area contributed by atoms with Crippen LogP contribution in [0.2, 0.25) is 0 Å². The first-order chi connectivity index (χ1) is 6.45. The van der Waals surface area contributed by atoms with Gasteiger partial charge in [-0.2, -0.15) is 0 Å². The molecule has 0 aromatic carbocycles. The lowest BCUT2D eigenvalue weighted by molar-refractivity contribution is 0.0541. The van der Waals surface area contributed by atoms with E-state index in [4.69, 9.17) is 4.74 Å². The molecule has 3 nitrogen and oxygen atoms in total. The zero-order chi connectivity index (χ0) is 8.93. The molecule has 1 atom stereocenters. The summed E-state index contributed by atoms with van der Waals surface area (Å²) in [6, 6.07) is 3.97. The number of ether oxygens (including phenoxy) is 1. The van der Waals surface area contributed by atoms with Crippen LogP contribution in [0.25, 0.3) is 0 Å². The zero-order valence-corrected chi connectivity index (χ0v) is 7.57. The molecule has 0 amide bonds. The number of rotatable bonds is 3. The monoisotopic (exact) mass is 178 g/mol. The molecule has 0 unspecified atom stereocenters. The summed E-state index contributed by atoms with van der Waals surface area (Å²) in [5.74, 6) is 0. The molecule has 1 fully saturated rings. The van der Waals surface area contributed by atoms with Gasteiger partial charge in [-0.25, -0.2) is 0 Å². The van der Waals surface area contributed by atoms with Crippen molar-refractivity contribution in [1.82, 2.24) is 10.3 Å². The van der Waals surface area contributed by atoms with Crippen molar-refractivity contribution in [2.24, 2.45) is 0 Å². The van der Waals surface area contributed by atoms with Crippen LogP contribution in [0.15, 0.2) is 24.5 Å². The first kappa shape index (κ1) is 8.66. The molecular formula is C10H14N2O. The fraction of sp³-hybridized carbons (Fsp3) is 0.500. The number of hydrogen-bond acceptors (Lipinski definition) is 3. The summed E-state index contributed by atoms with van der Waals surface area (Å²) in [6.07, 6.45) is 5.14. The largest absolute Gasteiger partial charge is 0.372 e. The summed E-state index contributed by atoms with van der Waals surface area (Å²) >= 11 is 0. The lowest BCUT2D eigenvalue weighted by Gasteiger charge is -2.09. The Morgan fingerprint density at radius 2 is 2.62 bits per heavy atom. The van der Waals surface area contributed by atoms with Crippen molar-refractivity contribution in [3.63, 3.8) is 0 Å². The van der Waals surface area contributed by atoms with Gasteiger partial charge in [0, 0.05) is 18.9 Å². The van der Waals surface area contributed by atoms with E-state index in [0.29, 0.717) is 12.7 Å². The van der Waals surface area contributed by atoms with Crippen LogP contribution < -0.4 is 5.32 Å². The Kier molecular flexibility index (Phi) is 2.90. The number of nitrogens with one attached hydrogen (secondary N) is 1. The molecule has 2 rings (SSSR count). The smallest absolute Gasteiger partial charge is 0.0736 e. The Balaban J connectivity index is 1.79. The Morgan fingerprint density at radius 3 is 3.31 bits per heavy atom. The highest BCUT2D eigenvalue weighted by Gasteiger charge is 2.14. The fourth-order valence-electron chi connectivity index (χ4n) is 1.47. The van der Waals surface area contributed by atoms with E-state index in [9.17, 15) is 0 Å².